The molecule has 0 aliphatic carbocycles. The normalized spacial score (nSPS) is 11.5. The number of hydrogen-bond acceptors (Lipinski definition) is 6. The molecule has 122 valence electrons. The summed E-state index contributed by atoms with van der Waals surface area (Å²) in [6, 6.07) is 1.98. The Balaban J connectivity index is 2.01. The summed E-state index contributed by atoms with van der Waals surface area (Å²) in [4.78, 5) is 19.4. The van der Waals surface area contributed by atoms with Crippen LogP contribution in [0.1, 0.15) is 35.7 Å². The average molecular weight is 349 g/mol. The first kappa shape index (κ1) is 16.3. The van der Waals surface area contributed by atoms with Crippen molar-refractivity contribution in [2.75, 3.05) is 0 Å². The van der Waals surface area contributed by atoms with E-state index < -0.39 is 0 Å². The van der Waals surface area contributed by atoms with Crippen LogP contribution in [0.2, 0.25) is 0 Å². The van der Waals surface area contributed by atoms with Crippen LogP contribution >= 0.6 is 23.1 Å². The molecular weight excluding hydrogens is 330 g/mol. The van der Waals surface area contributed by atoms with Gasteiger partial charge in [-0.15, -0.1) is 11.3 Å². The molecule has 5 nitrogen and oxygen atoms in total. The van der Waals surface area contributed by atoms with E-state index in [4.69, 9.17) is 9.51 Å². The number of aromatic nitrogens is 3. The van der Waals surface area contributed by atoms with E-state index in [0.29, 0.717) is 12.3 Å². The smallest absolute Gasteiger partial charge is 0.262 e. The zero-order chi connectivity index (χ0) is 16.6. The van der Waals surface area contributed by atoms with E-state index in [1.54, 1.807) is 27.7 Å². The highest BCUT2D eigenvalue weighted by Crippen LogP contribution is 2.28. The van der Waals surface area contributed by atoms with E-state index in [-0.39, 0.29) is 5.56 Å². The van der Waals surface area contributed by atoms with Crippen LogP contribution in [0.5, 0.6) is 0 Å². The Morgan fingerprint density at radius 3 is 2.74 bits per heavy atom. The summed E-state index contributed by atoms with van der Waals surface area (Å²) in [5.41, 5.74) is 2.02. The summed E-state index contributed by atoms with van der Waals surface area (Å²) in [7, 11) is 0. The maximum absolute atomic E-state index is 12.7. The Morgan fingerprint density at radius 1 is 1.35 bits per heavy atom. The molecule has 3 rings (SSSR count). The van der Waals surface area contributed by atoms with Gasteiger partial charge in [0.1, 0.15) is 10.6 Å². The molecule has 0 saturated carbocycles. The van der Waals surface area contributed by atoms with Gasteiger partial charge in [-0.1, -0.05) is 23.8 Å². The fourth-order valence-electron chi connectivity index (χ4n) is 2.46. The lowest BCUT2D eigenvalue weighted by molar-refractivity contribution is 0.392. The van der Waals surface area contributed by atoms with Gasteiger partial charge in [-0.3, -0.25) is 9.36 Å². The number of rotatable bonds is 5. The first-order chi connectivity index (χ1) is 11.0. The summed E-state index contributed by atoms with van der Waals surface area (Å²) >= 11 is 3.17. The molecule has 0 amide bonds. The fourth-order valence-corrected chi connectivity index (χ4v) is 4.68. The predicted molar refractivity (Wildman–Crippen MR) is 94.5 cm³/mol. The molecule has 3 heterocycles. The first-order valence-corrected chi connectivity index (χ1v) is 9.43. The molecule has 0 radical (unpaired) electrons. The van der Waals surface area contributed by atoms with Crippen LogP contribution in [-0.2, 0) is 18.7 Å². The molecule has 23 heavy (non-hydrogen) atoms. The fraction of sp³-hybridized carbons (Fsp3) is 0.438. The van der Waals surface area contributed by atoms with E-state index >= 15 is 0 Å². The minimum Gasteiger partial charge on any atom is -0.361 e. The molecule has 0 saturated heterocycles. The summed E-state index contributed by atoms with van der Waals surface area (Å²) in [5.74, 6) is 1.52. The molecule has 0 bridgehead atoms. The number of thioether (sulfide) groups is 1. The highest BCUT2D eigenvalue weighted by Gasteiger charge is 2.15. The van der Waals surface area contributed by atoms with Crippen LogP contribution in [0.25, 0.3) is 10.2 Å². The summed E-state index contributed by atoms with van der Waals surface area (Å²) in [6.45, 7) is 8.52. The highest BCUT2D eigenvalue weighted by molar-refractivity contribution is 7.98. The third-order valence-electron chi connectivity index (χ3n) is 3.86. The van der Waals surface area contributed by atoms with Gasteiger partial charge in [0.15, 0.2) is 5.16 Å². The van der Waals surface area contributed by atoms with Crippen molar-refractivity contribution in [3.05, 3.63) is 38.3 Å². The molecule has 0 aromatic carbocycles. The Morgan fingerprint density at radius 2 is 2.13 bits per heavy atom. The van der Waals surface area contributed by atoms with Crippen molar-refractivity contribution in [2.45, 2.75) is 51.6 Å². The van der Waals surface area contributed by atoms with E-state index in [0.717, 1.165) is 38.8 Å². The second-order valence-corrected chi connectivity index (χ2v) is 7.38. The van der Waals surface area contributed by atoms with Crippen molar-refractivity contribution < 1.29 is 4.52 Å². The van der Waals surface area contributed by atoms with Gasteiger partial charge in [-0.25, -0.2) is 4.98 Å². The van der Waals surface area contributed by atoms with Crippen LogP contribution in [0.4, 0.5) is 0 Å². The number of fused-ring (bicyclic) bond motifs is 1. The van der Waals surface area contributed by atoms with E-state index in [1.807, 2.05) is 26.8 Å². The number of nitrogens with zero attached hydrogens (tertiary/aromatic N) is 3. The minimum absolute atomic E-state index is 0.0507. The highest BCUT2D eigenvalue weighted by atomic mass is 32.2. The molecule has 0 aliphatic rings. The van der Waals surface area contributed by atoms with Crippen molar-refractivity contribution in [3.63, 3.8) is 0 Å². The standard InChI is InChI=1S/C16H19N3O2S2/c1-5-11-7-12-14(23-11)17-16(19(6-2)15(12)20)22-8-13-9(3)18-21-10(13)4/h7H,5-6,8H2,1-4H3. The largest absolute Gasteiger partial charge is 0.361 e. The Hall–Kier alpha value is -1.60. The minimum atomic E-state index is 0.0507. The maximum atomic E-state index is 12.7. The Bertz CT molecular complexity index is 889. The van der Waals surface area contributed by atoms with Gasteiger partial charge >= 0.3 is 0 Å². The lowest BCUT2D eigenvalue weighted by Crippen LogP contribution is -2.21. The van der Waals surface area contributed by atoms with Crippen LogP contribution in [-0.4, -0.2) is 14.7 Å². The van der Waals surface area contributed by atoms with Crippen molar-refractivity contribution in [1.29, 1.82) is 0 Å². The number of hydrogen-bond donors (Lipinski definition) is 0. The molecule has 3 aromatic heterocycles. The van der Waals surface area contributed by atoms with E-state index in [9.17, 15) is 4.79 Å². The van der Waals surface area contributed by atoms with E-state index in [1.165, 1.54) is 4.88 Å². The Kier molecular flexibility index (Phi) is 4.59. The SMILES string of the molecule is CCc1cc2c(=O)n(CC)c(SCc3c(C)noc3C)nc2s1. The molecule has 0 N–H and O–H groups in total. The van der Waals surface area contributed by atoms with Crippen LogP contribution in [0.3, 0.4) is 0 Å². The van der Waals surface area contributed by atoms with Gasteiger partial charge in [0.05, 0.1) is 11.1 Å². The summed E-state index contributed by atoms with van der Waals surface area (Å²) in [6.07, 6.45) is 0.925. The lowest BCUT2D eigenvalue weighted by Gasteiger charge is -2.09. The Labute approximate surface area is 142 Å². The molecule has 0 spiro atoms. The third-order valence-corrected chi connectivity index (χ3v) is 6.03. The lowest BCUT2D eigenvalue weighted by atomic mass is 10.2. The number of thiophene rings is 1. The molecule has 0 atom stereocenters. The van der Waals surface area contributed by atoms with E-state index in [2.05, 4.69) is 12.1 Å². The molecular formula is C16H19N3O2S2. The predicted octanol–water partition coefficient (Wildman–Crippen LogP) is 3.94. The second-order valence-electron chi connectivity index (χ2n) is 5.32. The van der Waals surface area contributed by atoms with Gasteiger partial charge in [-0.05, 0) is 33.3 Å². The average Bonchev–Trinajstić information content (AvgIpc) is 3.09. The van der Waals surface area contributed by atoms with Crippen molar-refractivity contribution in [2.24, 2.45) is 0 Å². The first-order valence-electron chi connectivity index (χ1n) is 7.62. The van der Waals surface area contributed by atoms with Crippen molar-refractivity contribution >= 4 is 33.3 Å². The maximum Gasteiger partial charge on any atom is 0.262 e. The van der Waals surface area contributed by atoms with Gasteiger partial charge in [-0.2, -0.15) is 0 Å². The van der Waals surface area contributed by atoms with Gasteiger partial charge < -0.3 is 4.52 Å². The third kappa shape index (κ3) is 2.95. The monoisotopic (exact) mass is 349 g/mol. The van der Waals surface area contributed by atoms with Crippen LogP contribution < -0.4 is 5.56 Å². The second kappa shape index (κ2) is 6.49. The molecule has 0 fully saturated rings. The molecule has 0 unspecified atom stereocenters. The topological polar surface area (TPSA) is 60.9 Å². The summed E-state index contributed by atoms with van der Waals surface area (Å²) < 4.78 is 6.95. The van der Waals surface area contributed by atoms with Crippen LogP contribution in [0.15, 0.2) is 20.5 Å². The van der Waals surface area contributed by atoms with Gasteiger partial charge in [0, 0.05) is 22.7 Å². The zero-order valence-corrected chi connectivity index (χ0v) is 15.3. The molecule has 7 heteroatoms. The molecule has 3 aromatic rings. The van der Waals surface area contributed by atoms with Crippen molar-refractivity contribution in [3.8, 4) is 0 Å². The zero-order valence-electron chi connectivity index (χ0n) is 13.7. The van der Waals surface area contributed by atoms with Crippen LogP contribution in [0, 0.1) is 13.8 Å². The number of aryl methyl sites for hydroxylation is 3. The van der Waals surface area contributed by atoms with Crippen molar-refractivity contribution in [1.82, 2.24) is 14.7 Å². The quantitative estimate of drug-likeness (QED) is 0.516. The van der Waals surface area contributed by atoms with Gasteiger partial charge in [0.2, 0.25) is 0 Å². The summed E-state index contributed by atoms with van der Waals surface area (Å²) in [5, 5.41) is 5.47. The molecule has 0 aliphatic heterocycles. The van der Waals surface area contributed by atoms with Gasteiger partial charge in [0.25, 0.3) is 5.56 Å².